The van der Waals surface area contributed by atoms with E-state index in [-0.39, 0.29) is 24.5 Å². The second-order valence-electron chi connectivity index (χ2n) is 9.46. The van der Waals surface area contributed by atoms with Crippen molar-refractivity contribution < 1.29 is 23.8 Å². The van der Waals surface area contributed by atoms with Crippen molar-refractivity contribution in [3.05, 3.63) is 78.4 Å². The lowest BCUT2D eigenvalue weighted by molar-refractivity contribution is -0.127. The molecular formula is C30H33N5O5. The van der Waals surface area contributed by atoms with Crippen molar-refractivity contribution >= 4 is 28.5 Å². The molecule has 1 fully saturated rings. The molecule has 1 saturated heterocycles. The fraction of sp³-hybridized carbons (Fsp3) is 0.333. The lowest BCUT2D eigenvalue weighted by Gasteiger charge is -2.33. The van der Waals surface area contributed by atoms with E-state index < -0.39 is 6.04 Å². The highest BCUT2D eigenvalue weighted by molar-refractivity contribution is 6.02. The largest absolute Gasteiger partial charge is 0.497 e. The minimum absolute atomic E-state index is 0.0590. The molecule has 5 rings (SSSR count). The quantitative estimate of drug-likeness (QED) is 0.306. The number of anilines is 1. The van der Waals surface area contributed by atoms with Crippen LogP contribution in [0, 0.1) is 0 Å². The van der Waals surface area contributed by atoms with Crippen LogP contribution in [0.1, 0.15) is 31.4 Å². The van der Waals surface area contributed by atoms with Crippen LogP contribution < -0.4 is 19.7 Å². The summed E-state index contributed by atoms with van der Waals surface area (Å²) in [5, 5.41) is 11.4. The number of carbonyl (C=O) groups is 2. The summed E-state index contributed by atoms with van der Waals surface area (Å²) in [7, 11) is 1.56. The lowest BCUT2D eigenvalue weighted by atomic mass is 10.0. The van der Waals surface area contributed by atoms with Gasteiger partial charge in [0.2, 0.25) is 11.8 Å². The molecule has 10 nitrogen and oxygen atoms in total. The van der Waals surface area contributed by atoms with Crippen LogP contribution >= 0.6 is 0 Å². The Hall–Kier alpha value is -4.44. The van der Waals surface area contributed by atoms with Gasteiger partial charge in [0.05, 0.1) is 31.0 Å². The molecule has 0 spiro atoms. The van der Waals surface area contributed by atoms with Gasteiger partial charge in [-0.25, -0.2) is 4.68 Å². The number of amides is 2. The molecular weight excluding hydrogens is 510 g/mol. The van der Waals surface area contributed by atoms with Crippen LogP contribution in [0.5, 0.6) is 11.5 Å². The maximum atomic E-state index is 14.3. The summed E-state index contributed by atoms with van der Waals surface area (Å²) in [6, 6.07) is 20.8. The molecule has 2 amide bonds. The van der Waals surface area contributed by atoms with Gasteiger partial charge in [0, 0.05) is 13.2 Å². The zero-order valence-electron chi connectivity index (χ0n) is 22.7. The summed E-state index contributed by atoms with van der Waals surface area (Å²) in [5.74, 6) is 0.360. The first-order valence-corrected chi connectivity index (χ1v) is 13.4. The third-order valence-electron chi connectivity index (χ3n) is 6.84. The molecule has 10 heteroatoms. The molecule has 0 bridgehead atoms. The number of hydrogen-bond donors (Lipinski definition) is 1. The number of nitrogens with zero attached hydrogens (tertiary/aromatic N) is 4. The molecule has 1 aliphatic heterocycles. The number of rotatable bonds is 11. The summed E-state index contributed by atoms with van der Waals surface area (Å²) in [4.78, 5) is 29.8. The number of nitrogens with one attached hydrogen (secondary N) is 1. The van der Waals surface area contributed by atoms with E-state index in [2.05, 4.69) is 15.6 Å². The predicted octanol–water partition coefficient (Wildman–Crippen LogP) is 3.91. The van der Waals surface area contributed by atoms with Crippen molar-refractivity contribution in [2.24, 2.45) is 0 Å². The van der Waals surface area contributed by atoms with E-state index in [1.165, 1.54) is 4.90 Å². The Bertz CT molecular complexity index is 1470. The number of fused-ring (bicyclic) bond motifs is 1. The molecule has 0 saturated carbocycles. The number of para-hydroxylation sites is 3. The fourth-order valence-electron chi connectivity index (χ4n) is 4.94. The first-order chi connectivity index (χ1) is 19.6. The summed E-state index contributed by atoms with van der Waals surface area (Å²) >= 11 is 0. The highest BCUT2D eigenvalue weighted by Gasteiger charge is 2.35. The minimum Gasteiger partial charge on any atom is -0.497 e. The second-order valence-corrected chi connectivity index (χ2v) is 9.46. The maximum Gasteiger partial charge on any atom is 0.249 e. The van der Waals surface area contributed by atoms with Crippen molar-refractivity contribution in [3.8, 4) is 11.5 Å². The second kappa shape index (κ2) is 12.6. The molecule has 4 aromatic rings. The van der Waals surface area contributed by atoms with Crippen molar-refractivity contribution in [2.75, 3.05) is 31.8 Å². The molecule has 2 atom stereocenters. The van der Waals surface area contributed by atoms with Crippen LogP contribution in [0.2, 0.25) is 0 Å². The Labute approximate surface area is 232 Å². The van der Waals surface area contributed by atoms with Crippen LogP contribution in [-0.2, 0) is 20.9 Å². The average molecular weight is 544 g/mol. The number of hydrogen-bond acceptors (Lipinski definition) is 7. The topological polar surface area (TPSA) is 108 Å². The SMILES string of the molecule is CCOc1ccccc1N(C(=O)Cn1nnc2ccccc21)[C@@H](C(=O)NC[C@H]1CCCO1)c1cccc(OC)c1. The molecule has 40 heavy (non-hydrogen) atoms. The first-order valence-electron chi connectivity index (χ1n) is 13.4. The maximum absolute atomic E-state index is 14.3. The van der Waals surface area contributed by atoms with Crippen LogP contribution in [0.3, 0.4) is 0 Å². The van der Waals surface area contributed by atoms with Crippen LogP contribution in [-0.4, -0.2) is 59.8 Å². The summed E-state index contributed by atoms with van der Waals surface area (Å²) < 4.78 is 18.7. The number of benzene rings is 3. The molecule has 2 heterocycles. The third-order valence-corrected chi connectivity index (χ3v) is 6.84. The van der Waals surface area contributed by atoms with Crippen molar-refractivity contribution in [2.45, 2.75) is 38.5 Å². The van der Waals surface area contributed by atoms with Crippen LogP contribution in [0.15, 0.2) is 72.8 Å². The van der Waals surface area contributed by atoms with Gasteiger partial charge in [0.15, 0.2) is 0 Å². The predicted molar refractivity (Wildman–Crippen MR) is 150 cm³/mol. The monoisotopic (exact) mass is 543 g/mol. The highest BCUT2D eigenvalue weighted by Crippen LogP contribution is 2.36. The van der Waals surface area contributed by atoms with Crippen molar-refractivity contribution in [3.63, 3.8) is 0 Å². The number of ether oxygens (including phenoxy) is 3. The van der Waals surface area contributed by atoms with Crippen LogP contribution in [0.4, 0.5) is 5.69 Å². The van der Waals surface area contributed by atoms with E-state index in [0.717, 1.165) is 18.4 Å². The van der Waals surface area contributed by atoms with Gasteiger partial charge in [-0.3, -0.25) is 14.5 Å². The number of methoxy groups -OCH3 is 1. The molecule has 1 N–H and O–H groups in total. The molecule has 0 aliphatic carbocycles. The Kier molecular flexibility index (Phi) is 8.56. The van der Waals surface area contributed by atoms with Gasteiger partial charge in [-0.05, 0) is 61.7 Å². The van der Waals surface area contributed by atoms with Gasteiger partial charge in [-0.15, -0.1) is 5.10 Å². The summed E-state index contributed by atoms with van der Waals surface area (Å²) in [5.41, 5.74) is 2.45. The average Bonchev–Trinajstić information content (AvgIpc) is 3.66. The normalized spacial score (nSPS) is 15.5. The lowest BCUT2D eigenvalue weighted by Crippen LogP contribution is -2.46. The Morgan fingerprint density at radius 1 is 1.12 bits per heavy atom. The number of carbonyl (C=O) groups excluding carboxylic acids is 2. The van der Waals surface area contributed by atoms with Gasteiger partial charge in [0.1, 0.15) is 29.6 Å². The van der Waals surface area contributed by atoms with Gasteiger partial charge in [-0.1, -0.05) is 41.6 Å². The smallest absolute Gasteiger partial charge is 0.249 e. The van der Waals surface area contributed by atoms with Gasteiger partial charge >= 0.3 is 0 Å². The standard InChI is InChI=1S/C30H33N5O5/c1-3-39-27-16-7-6-15-26(27)35(28(36)20-34-25-14-5-4-13-24(25)32-33-34)29(21-10-8-11-22(18-21)38-2)30(37)31-19-23-12-9-17-40-23/h4-8,10-11,13-16,18,23,29H,3,9,12,17,19-20H2,1-2H3,(H,31,37)/t23-,29-/m1/s1. The van der Waals surface area contributed by atoms with Crippen molar-refractivity contribution in [1.29, 1.82) is 0 Å². The molecule has 208 valence electrons. The molecule has 0 unspecified atom stereocenters. The summed E-state index contributed by atoms with van der Waals surface area (Å²) in [6.07, 6.45) is 1.77. The molecule has 1 aliphatic rings. The zero-order chi connectivity index (χ0) is 27.9. The highest BCUT2D eigenvalue weighted by atomic mass is 16.5. The van der Waals surface area contributed by atoms with Gasteiger partial charge in [0.25, 0.3) is 0 Å². The zero-order valence-corrected chi connectivity index (χ0v) is 22.7. The molecule has 3 aromatic carbocycles. The van der Waals surface area contributed by atoms with Crippen molar-refractivity contribution in [1.82, 2.24) is 20.3 Å². The van der Waals surface area contributed by atoms with E-state index in [1.54, 1.807) is 42.1 Å². The fourth-order valence-corrected chi connectivity index (χ4v) is 4.94. The summed E-state index contributed by atoms with van der Waals surface area (Å²) in [6.45, 7) is 3.15. The van der Waals surface area contributed by atoms with E-state index in [0.29, 0.717) is 48.0 Å². The van der Waals surface area contributed by atoms with E-state index in [9.17, 15) is 9.59 Å². The van der Waals surface area contributed by atoms with E-state index in [1.807, 2.05) is 49.4 Å². The number of aromatic nitrogens is 3. The Morgan fingerprint density at radius 3 is 2.75 bits per heavy atom. The Morgan fingerprint density at radius 2 is 1.95 bits per heavy atom. The molecule has 1 aromatic heterocycles. The van der Waals surface area contributed by atoms with Gasteiger partial charge < -0.3 is 19.5 Å². The van der Waals surface area contributed by atoms with Gasteiger partial charge in [-0.2, -0.15) is 0 Å². The first kappa shape index (κ1) is 27.1. The van der Waals surface area contributed by atoms with Crippen LogP contribution in [0.25, 0.3) is 11.0 Å². The minimum atomic E-state index is -1.03. The Balaban J connectivity index is 1.59. The molecule has 0 radical (unpaired) electrons. The van der Waals surface area contributed by atoms with E-state index >= 15 is 0 Å². The van der Waals surface area contributed by atoms with E-state index in [4.69, 9.17) is 14.2 Å². The third kappa shape index (κ3) is 5.91.